The van der Waals surface area contributed by atoms with Gasteiger partial charge in [-0.05, 0) is 49.8 Å². The first-order valence-electron chi connectivity index (χ1n) is 6.06. The van der Waals surface area contributed by atoms with Gasteiger partial charge >= 0.3 is 0 Å². The molecule has 2 aromatic rings. The van der Waals surface area contributed by atoms with Gasteiger partial charge in [0.15, 0.2) is 0 Å². The largest absolute Gasteiger partial charge is 0.361 e. The predicted molar refractivity (Wildman–Crippen MR) is 66.7 cm³/mol. The van der Waals surface area contributed by atoms with Gasteiger partial charge in [0, 0.05) is 12.0 Å². The molecule has 0 atom stereocenters. The lowest BCUT2D eigenvalue weighted by molar-refractivity contribution is 0.393. The molecule has 2 radical (unpaired) electrons. The van der Waals surface area contributed by atoms with Crippen molar-refractivity contribution in [2.24, 2.45) is 0 Å². The van der Waals surface area contributed by atoms with Crippen LogP contribution in [0.15, 0.2) is 22.7 Å². The lowest BCUT2D eigenvalue weighted by Gasteiger charge is -2.15. The van der Waals surface area contributed by atoms with E-state index in [9.17, 15) is 0 Å². The van der Waals surface area contributed by atoms with Crippen molar-refractivity contribution in [1.29, 1.82) is 0 Å². The van der Waals surface area contributed by atoms with Crippen molar-refractivity contribution in [2.45, 2.75) is 33.1 Å². The summed E-state index contributed by atoms with van der Waals surface area (Å²) >= 11 is 0. The van der Waals surface area contributed by atoms with Gasteiger partial charge < -0.3 is 4.52 Å². The van der Waals surface area contributed by atoms with E-state index in [0.717, 1.165) is 23.4 Å². The SMILES string of the molecule is Cc1noc(C)c1-c1ccc2c(c1)[C]CCC2. The Morgan fingerprint density at radius 3 is 2.94 bits per heavy atom. The molecule has 0 amide bonds. The van der Waals surface area contributed by atoms with Crippen LogP contribution in [0.4, 0.5) is 0 Å². The minimum absolute atomic E-state index is 0.887. The molecular formula is C15H15NO. The minimum Gasteiger partial charge on any atom is -0.361 e. The van der Waals surface area contributed by atoms with Crippen molar-refractivity contribution < 1.29 is 4.52 Å². The summed E-state index contributed by atoms with van der Waals surface area (Å²) in [5, 5.41) is 4.01. The fourth-order valence-electron chi connectivity index (χ4n) is 2.51. The van der Waals surface area contributed by atoms with Crippen LogP contribution in [0.1, 0.15) is 35.4 Å². The standard InChI is InChI=1S/C15H15NO/c1-10-15(11(2)17-16-10)14-8-7-12-5-3-4-6-13(12)9-14/h7-9H,3-5H2,1-2H3. The van der Waals surface area contributed by atoms with Gasteiger partial charge in [-0.25, -0.2) is 0 Å². The summed E-state index contributed by atoms with van der Waals surface area (Å²) < 4.78 is 5.22. The molecule has 86 valence electrons. The van der Waals surface area contributed by atoms with Gasteiger partial charge in [-0.1, -0.05) is 23.4 Å². The number of benzene rings is 1. The molecule has 1 aromatic heterocycles. The van der Waals surface area contributed by atoms with Crippen LogP contribution in [-0.4, -0.2) is 5.16 Å². The first-order chi connectivity index (χ1) is 8.25. The lowest BCUT2D eigenvalue weighted by Crippen LogP contribution is -2.00. The molecule has 0 unspecified atom stereocenters. The van der Waals surface area contributed by atoms with Crippen LogP contribution >= 0.6 is 0 Å². The van der Waals surface area contributed by atoms with Gasteiger partial charge in [0.1, 0.15) is 5.76 Å². The summed E-state index contributed by atoms with van der Waals surface area (Å²) in [5.74, 6) is 0.887. The Morgan fingerprint density at radius 2 is 2.18 bits per heavy atom. The lowest BCUT2D eigenvalue weighted by atomic mass is 9.89. The van der Waals surface area contributed by atoms with Gasteiger partial charge in [0.2, 0.25) is 0 Å². The maximum atomic E-state index is 5.22. The molecule has 0 saturated carbocycles. The fraction of sp³-hybridized carbons (Fsp3) is 0.333. The van der Waals surface area contributed by atoms with Crippen molar-refractivity contribution in [3.8, 4) is 11.1 Å². The highest BCUT2D eigenvalue weighted by molar-refractivity contribution is 5.69. The second kappa shape index (κ2) is 4.02. The third kappa shape index (κ3) is 1.78. The first-order valence-corrected chi connectivity index (χ1v) is 6.06. The second-order valence-electron chi connectivity index (χ2n) is 4.60. The van der Waals surface area contributed by atoms with Crippen LogP contribution in [0.25, 0.3) is 11.1 Å². The van der Waals surface area contributed by atoms with Crippen LogP contribution < -0.4 is 0 Å². The van der Waals surface area contributed by atoms with Crippen LogP contribution in [0.3, 0.4) is 0 Å². The summed E-state index contributed by atoms with van der Waals surface area (Å²) in [4.78, 5) is 0. The van der Waals surface area contributed by atoms with Gasteiger partial charge in [0.25, 0.3) is 0 Å². The van der Waals surface area contributed by atoms with E-state index in [1.54, 1.807) is 0 Å². The Bertz CT molecular complexity index is 535. The summed E-state index contributed by atoms with van der Waals surface area (Å²) in [6.45, 7) is 3.95. The molecule has 1 aromatic carbocycles. The van der Waals surface area contributed by atoms with Crippen LogP contribution in [0, 0.1) is 20.3 Å². The quantitative estimate of drug-likeness (QED) is 0.739. The van der Waals surface area contributed by atoms with Crippen LogP contribution in [-0.2, 0) is 6.42 Å². The molecule has 1 aliphatic carbocycles. The number of hydrogen-bond donors (Lipinski definition) is 0. The van der Waals surface area contributed by atoms with E-state index in [4.69, 9.17) is 4.52 Å². The number of aryl methyl sites for hydroxylation is 3. The fourth-order valence-corrected chi connectivity index (χ4v) is 2.51. The zero-order valence-corrected chi connectivity index (χ0v) is 10.2. The molecule has 3 rings (SSSR count). The van der Waals surface area contributed by atoms with E-state index in [-0.39, 0.29) is 0 Å². The molecule has 2 heteroatoms. The maximum Gasteiger partial charge on any atom is 0.141 e. The summed E-state index contributed by atoms with van der Waals surface area (Å²) in [7, 11) is 0. The van der Waals surface area contributed by atoms with E-state index in [0.29, 0.717) is 0 Å². The zero-order chi connectivity index (χ0) is 11.8. The molecule has 0 aliphatic heterocycles. The van der Waals surface area contributed by atoms with Gasteiger partial charge in [-0.2, -0.15) is 0 Å². The van der Waals surface area contributed by atoms with Crippen molar-refractivity contribution >= 4 is 0 Å². The normalized spacial score (nSPS) is 14.7. The summed E-state index contributed by atoms with van der Waals surface area (Å²) in [6.07, 6.45) is 6.91. The van der Waals surface area contributed by atoms with Crippen molar-refractivity contribution in [3.63, 3.8) is 0 Å². The van der Waals surface area contributed by atoms with E-state index < -0.39 is 0 Å². The highest BCUT2D eigenvalue weighted by Crippen LogP contribution is 2.31. The number of nitrogens with zero attached hydrogens (tertiary/aromatic N) is 1. The number of rotatable bonds is 1. The predicted octanol–water partition coefficient (Wildman–Crippen LogP) is 3.72. The van der Waals surface area contributed by atoms with Crippen molar-refractivity contribution in [3.05, 3.63) is 47.2 Å². The smallest absolute Gasteiger partial charge is 0.141 e. The average molecular weight is 225 g/mol. The summed E-state index contributed by atoms with van der Waals surface area (Å²) in [5.41, 5.74) is 5.94. The Morgan fingerprint density at radius 1 is 1.29 bits per heavy atom. The topological polar surface area (TPSA) is 26.0 Å². The Labute approximate surface area is 102 Å². The van der Waals surface area contributed by atoms with Gasteiger partial charge in [-0.15, -0.1) is 0 Å². The van der Waals surface area contributed by atoms with E-state index in [1.807, 2.05) is 13.8 Å². The van der Waals surface area contributed by atoms with Crippen LogP contribution in [0.5, 0.6) is 0 Å². The maximum absolute atomic E-state index is 5.22. The molecule has 2 nitrogen and oxygen atoms in total. The highest BCUT2D eigenvalue weighted by atomic mass is 16.5. The molecule has 17 heavy (non-hydrogen) atoms. The number of aromatic nitrogens is 1. The third-order valence-corrected chi connectivity index (χ3v) is 3.37. The Hall–Kier alpha value is -1.57. The Balaban J connectivity index is 2.10. The summed E-state index contributed by atoms with van der Waals surface area (Å²) in [6, 6.07) is 6.59. The minimum atomic E-state index is 0.887. The van der Waals surface area contributed by atoms with Crippen molar-refractivity contribution in [2.75, 3.05) is 0 Å². The Kier molecular flexibility index (Phi) is 2.50. The molecule has 0 N–H and O–H groups in total. The molecule has 1 aliphatic rings. The van der Waals surface area contributed by atoms with Crippen LogP contribution in [0.2, 0.25) is 0 Å². The van der Waals surface area contributed by atoms with E-state index >= 15 is 0 Å². The van der Waals surface area contributed by atoms with Gasteiger partial charge in [0.05, 0.1) is 5.69 Å². The van der Waals surface area contributed by atoms with Crippen molar-refractivity contribution in [1.82, 2.24) is 5.16 Å². The van der Waals surface area contributed by atoms with Gasteiger partial charge in [-0.3, -0.25) is 0 Å². The first kappa shape index (κ1) is 10.6. The zero-order valence-electron chi connectivity index (χ0n) is 10.2. The molecule has 0 spiro atoms. The molecule has 1 heterocycles. The number of fused-ring (bicyclic) bond motifs is 1. The second-order valence-corrected chi connectivity index (χ2v) is 4.60. The molecule has 0 bridgehead atoms. The van der Waals surface area contributed by atoms with E-state index in [2.05, 4.69) is 29.8 Å². The molecule has 0 saturated heterocycles. The van der Waals surface area contributed by atoms with E-state index in [1.165, 1.54) is 29.5 Å². The number of hydrogen-bond acceptors (Lipinski definition) is 2. The highest BCUT2D eigenvalue weighted by Gasteiger charge is 2.15. The monoisotopic (exact) mass is 225 g/mol. The average Bonchev–Trinajstić information content (AvgIpc) is 2.68. The molecular weight excluding hydrogens is 210 g/mol. The third-order valence-electron chi connectivity index (χ3n) is 3.37. The molecule has 0 fully saturated rings.